The first-order chi connectivity index (χ1) is 11.0. The SMILES string of the molecule is CC(C)n1cc(C#N)c(NS(=O)(=O)c2ccc(S(C)(=O)=O)cc2)n1. The van der Waals surface area contributed by atoms with Crippen LogP contribution < -0.4 is 4.72 Å². The molecule has 0 bridgehead atoms. The molecule has 0 aliphatic carbocycles. The largest absolute Gasteiger partial charge is 0.267 e. The van der Waals surface area contributed by atoms with Crippen molar-refractivity contribution in [3.63, 3.8) is 0 Å². The molecular weight excluding hydrogens is 352 g/mol. The number of anilines is 1. The lowest BCUT2D eigenvalue weighted by molar-refractivity contribution is 0.534. The van der Waals surface area contributed by atoms with Crippen LogP contribution in [0.25, 0.3) is 0 Å². The van der Waals surface area contributed by atoms with Gasteiger partial charge in [0.15, 0.2) is 15.7 Å². The van der Waals surface area contributed by atoms with Crippen molar-refractivity contribution in [3.05, 3.63) is 36.0 Å². The van der Waals surface area contributed by atoms with Crippen molar-refractivity contribution >= 4 is 25.7 Å². The summed E-state index contributed by atoms with van der Waals surface area (Å²) in [5, 5.41) is 13.2. The Labute approximate surface area is 140 Å². The van der Waals surface area contributed by atoms with E-state index in [1.165, 1.54) is 35.1 Å². The number of rotatable bonds is 5. The first-order valence-electron chi connectivity index (χ1n) is 6.87. The van der Waals surface area contributed by atoms with Crippen LogP contribution in [0.2, 0.25) is 0 Å². The van der Waals surface area contributed by atoms with Crippen LogP contribution in [0.3, 0.4) is 0 Å². The Morgan fingerprint density at radius 3 is 2.12 bits per heavy atom. The summed E-state index contributed by atoms with van der Waals surface area (Å²) >= 11 is 0. The van der Waals surface area contributed by atoms with E-state index in [-0.39, 0.29) is 27.2 Å². The zero-order valence-electron chi connectivity index (χ0n) is 13.3. The smallest absolute Gasteiger partial charge is 0.263 e. The fraction of sp³-hybridized carbons (Fsp3) is 0.286. The van der Waals surface area contributed by atoms with E-state index < -0.39 is 19.9 Å². The maximum atomic E-state index is 12.4. The van der Waals surface area contributed by atoms with Crippen molar-refractivity contribution in [2.45, 2.75) is 29.7 Å². The first kappa shape index (κ1) is 18.0. The fourth-order valence-electron chi connectivity index (χ4n) is 1.87. The van der Waals surface area contributed by atoms with Gasteiger partial charge in [0.05, 0.1) is 9.79 Å². The van der Waals surface area contributed by atoms with Crippen LogP contribution in [0.5, 0.6) is 0 Å². The lowest BCUT2D eigenvalue weighted by atomic mass is 10.3. The fourth-order valence-corrected chi connectivity index (χ4v) is 3.51. The van der Waals surface area contributed by atoms with Crippen LogP contribution in [-0.2, 0) is 19.9 Å². The van der Waals surface area contributed by atoms with Crippen LogP contribution in [-0.4, -0.2) is 32.9 Å². The highest BCUT2D eigenvalue weighted by molar-refractivity contribution is 7.92. The second-order valence-corrected chi connectivity index (χ2v) is 9.12. The van der Waals surface area contributed by atoms with Gasteiger partial charge in [-0.15, -0.1) is 0 Å². The molecule has 0 saturated carbocycles. The Hall–Kier alpha value is -2.38. The maximum Gasteiger partial charge on any atom is 0.263 e. The number of benzene rings is 1. The van der Waals surface area contributed by atoms with Gasteiger partial charge in [0.1, 0.15) is 11.6 Å². The normalized spacial score (nSPS) is 12.1. The van der Waals surface area contributed by atoms with Crippen molar-refractivity contribution < 1.29 is 16.8 Å². The van der Waals surface area contributed by atoms with Crippen molar-refractivity contribution in [3.8, 4) is 6.07 Å². The minimum Gasteiger partial charge on any atom is -0.267 e. The standard InChI is InChI=1S/C14H16N4O4S2/c1-10(2)18-9-11(8-15)14(16-18)17-24(21,22)13-6-4-12(5-7-13)23(3,19)20/h4-7,9-10H,1-3H3,(H,16,17). The first-order valence-corrected chi connectivity index (χ1v) is 10.2. The van der Waals surface area contributed by atoms with Crippen LogP contribution in [0.4, 0.5) is 5.82 Å². The number of hydrogen-bond donors (Lipinski definition) is 1. The molecule has 0 unspecified atom stereocenters. The van der Waals surface area contributed by atoms with Crippen molar-refractivity contribution in [1.82, 2.24) is 9.78 Å². The van der Waals surface area contributed by atoms with Crippen LogP contribution in [0.15, 0.2) is 40.3 Å². The van der Waals surface area contributed by atoms with Gasteiger partial charge in [-0.05, 0) is 38.1 Å². The molecule has 1 heterocycles. The summed E-state index contributed by atoms with van der Waals surface area (Å²) in [6, 6.07) is 6.64. The highest BCUT2D eigenvalue weighted by atomic mass is 32.2. The zero-order valence-corrected chi connectivity index (χ0v) is 14.9. The van der Waals surface area contributed by atoms with Gasteiger partial charge in [-0.2, -0.15) is 10.4 Å². The minimum atomic E-state index is -3.99. The Morgan fingerprint density at radius 2 is 1.67 bits per heavy atom. The van der Waals surface area contributed by atoms with Crippen LogP contribution in [0, 0.1) is 11.3 Å². The number of aromatic nitrogens is 2. The number of sulfone groups is 1. The van der Waals surface area contributed by atoms with Crippen LogP contribution >= 0.6 is 0 Å². The number of nitrogens with one attached hydrogen (secondary N) is 1. The molecule has 0 aliphatic rings. The summed E-state index contributed by atoms with van der Waals surface area (Å²) in [6.07, 6.45) is 2.49. The second kappa shape index (κ2) is 6.26. The molecular formula is C14H16N4O4S2. The molecule has 1 N–H and O–H groups in total. The topological polar surface area (TPSA) is 122 Å². The van der Waals surface area contributed by atoms with Gasteiger partial charge in [-0.3, -0.25) is 9.40 Å². The minimum absolute atomic E-state index is 0.0169. The summed E-state index contributed by atoms with van der Waals surface area (Å²) < 4.78 is 51.4. The molecule has 0 spiro atoms. The predicted octanol–water partition coefficient (Wildman–Crippen LogP) is 1.54. The number of nitriles is 1. The summed E-state index contributed by atoms with van der Waals surface area (Å²) in [7, 11) is -7.41. The summed E-state index contributed by atoms with van der Waals surface area (Å²) in [5.74, 6) is -0.0709. The number of sulfonamides is 1. The second-order valence-electron chi connectivity index (χ2n) is 5.43. The Balaban J connectivity index is 2.37. The van der Waals surface area contributed by atoms with Gasteiger partial charge in [0, 0.05) is 18.5 Å². The average molecular weight is 368 g/mol. The highest BCUT2D eigenvalue weighted by Crippen LogP contribution is 2.21. The van der Waals surface area contributed by atoms with E-state index in [4.69, 9.17) is 5.26 Å². The number of nitrogens with zero attached hydrogens (tertiary/aromatic N) is 3. The van der Waals surface area contributed by atoms with Gasteiger partial charge >= 0.3 is 0 Å². The van der Waals surface area contributed by atoms with Crippen molar-refractivity contribution in [2.75, 3.05) is 11.0 Å². The summed E-state index contributed by atoms with van der Waals surface area (Å²) in [5.41, 5.74) is 0.0973. The van der Waals surface area contributed by atoms with E-state index in [1.54, 1.807) is 0 Å². The Morgan fingerprint density at radius 1 is 1.12 bits per heavy atom. The van der Waals surface area contributed by atoms with E-state index >= 15 is 0 Å². The molecule has 10 heteroatoms. The van der Waals surface area contributed by atoms with Gasteiger partial charge < -0.3 is 0 Å². The predicted molar refractivity (Wildman–Crippen MR) is 87.7 cm³/mol. The Bertz CT molecular complexity index is 998. The highest BCUT2D eigenvalue weighted by Gasteiger charge is 2.20. The molecule has 2 aromatic rings. The molecule has 24 heavy (non-hydrogen) atoms. The van der Waals surface area contributed by atoms with Gasteiger partial charge in [-0.25, -0.2) is 16.8 Å². The molecule has 0 atom stereocenters. The van der Waals surface area contributed by atoms with E-state index in [0.29, 0.717) is 0 Å². The summed E-state index contributed by atoms with van der Waals surface area (Å²) in [6.45, 7) is 3.69. The lowest BCUT2D eigenvalue weighted by Gasteiger charge is -2.07. The third-order valence-electron chi connectivity index (χ3n) is 3.17. The quantitative estimate of drug-likeness (QED) is 0.854. The lowest BCUT2D eigenvalue weighted by Crippen LogP contribution is -2.14. The molecule has 1 aromatic heterocycles. The molecule has 0 radical (unpaired) electrons. The molecule has 0 saturated heterocycles. The third kappa shape index (κ3) is 3.74. The van der Waals surface area contributed by atoms with E-state index in [0.717, 1.165) is 6.26 Å². The molecule has 0 fully saturated rings. The maximum absolute atomic E-state index is 12.4. The van der Waals surface area contributed by atoms with Gasteiger partial charge in [0.25, 0.3) is 10.0 Å². The van der Waals surface area contributed by atoms with Gasteiger partial charge in [-0.1, -0.05) is 0 Å². The van der Waals surface area contributed by atoms with Crippen LogP contribution in [0.1, 0.15) is 25.5 Å². The third-order valence-corrected chi connectivity index (χ3v) is 5.66. The molecule has 2 rings (SSSR count). The van der Waals surface area contributed by atoms with E-state index in [9.17, 15) is 16.8 Å². The van der Waals surface area contributed by atoms with E-state index in [1.807, 2.05) is 19.9 Å². The number of hydrogen-bond acceptors (Lipinski definition) is 6. The molecule has 0 aliphatic heterocycles. The average Bonchev–Trinajstić information content (AvgIpc) is 2.89. The molecule has 128 valence electrons. The van der Waals surface area contributed by atoms with Crippen molar-refractivity contribution in [1.29, 1.82) is 5.26 Å². The molecule has 0 amide bonds. The zero-order chi connectivity index (χ0) is 18.1. The Kier molecular flexibility index (Phi) is 4.68. The van der Waals surface area contributed by atoms with Crippen molar-refractivity contribution in [2.24, 2.45) is 0 Å². The van der Waals surface area contributed by atoms with Gasteiger partial charge in [0.2, 0.25) is 0 Å². The summed E-state index contributed by atoms with van der Waals surface area (Å²) in [4.78, 5) is -0.110. The van der Waals surface area contributed by atoms with E-state index in [2.05, 4.69) is 9.82 Å². The molecule has 8 nitrogen and oxygen atoms in total. The monoisotopic (exact) mass is 368 g/mol. The molecule has 1 aromatic carbocycles.